The molecule has 1 heterocycles. The third-order valence-electron chi connectivity index (χ3n) is 4.62. The average molecular weight is 486 g/mol. The number of ether oxygens (including phenoxy) is 2. The van der Waals surface area contributed by atoms with Crippen molar-refractivity contribution in [3.05, 3.63) is 72.3 Å². The van der Waals surface area contributed by atoms with Gasteiger partial charge in [-0.25, -0.2) is 4.39 Å². The van der Waals surface area contributed by atoms with Crippen molar-refractivity contribution in [1.82, 2.24) is 20.1 Å². The van der Waals surface area contributed by atoms with Crippen molar-refractivity contribution < 1.29 is 23.5 Å². The van der Waals surface area contributed by atoms with Gasteiger partial charge in [-0.05, 0) is 42.5 Å². The number of benzene rings is 2. The maximum Gasteiger partial charge on any atom is 0.251 e. The monoisotopic (exact) mass is 485 g/mol. The van der Waals surface area contributed by atoms with Gasteiger partial charge in [0.15, 0.2) is 22.5 Å². The Kier molecular flexibility index (Phi) is 8.63. The maximum atomic E-state index is 13.0. The van der Waals surface area contributed by atoms with Gasteiger partial charge >= 0.3 is 0 Å². The lowest BCUT2D eigenvalue weighted by molar-refractivity contribution is -0.113. The molecule has 3 rings (SSSR count). The Morgan fingerprint density at radius 3 is 2.53 bits per heavy atom. The van der Waals surface area contributed by atoms with E-state index in [4.69, 9.17) is 9.47 Å². The van der Waals surface area contributed by atoms with Gasteiger partial charge in [0.05, 0.1) is 26.5 Å². The number of nitrogens with one attached hydrogen (secondary N) is 2. The zero-order valence-electron chi connectivity index (χ0n) is 18.7. The number of amides is 2. The number of carbonyl (C=O) groups is 2. The Labute approximate surface area is 200 Å². The van der Waals surface area contributed by atoms with E-state index in [2.05, 4.69) is 27.4 Å². The topological polar surface area (TPSA) is 107 Å². The van der Waals surface area contributed by atoms with Crippen molar-refractivity contribution in [2.24, 2.45) is 0 Å². The smallest absolute Gasteiger partial charge is 0.251 e. The number of halogens is 1. The fourth-order valence-electron chi connectivity index (χ4n) is 2.97. The fourth-order valence-corrected chi connectivity index (χ4v) is 3.73. The highest BCUT2D eigenvalue weighted by molar-refractivity contribution is 7.99. The van der Waals surface area contributed by atoms with Crippen molar-refractivity contribution in [2.45, 2.75) is 18.2 Å². The summed E-state index contributed by atoms with van der Waals surface area (Å²) in [7, 11) is 3.02. The lowest BCUT2D eigenvalue weighted by Crippen LogP contribution is -2.25. The first-order chi connectivity index (χ1) is 16.4. The van der Waals surface area contributed by atoms with Crippen LogP contribution < -0.4 is 20.1 Å². The van der Waals surface area contributed by atoms with E-state index in [0.29, 0.717) is 40.3 Å². The summed E-state index contributed by atoms with van der Waals surface area (Å²) in [5.41, 5.74) is 0.901. The standard InChI is InChI=1S/C23H24FN5O4S/c1-4-11-29-20(13-25-22(31)15-5-10-18(32-2)19(12-15)33-3)27-28-23(29)34-14-21(30)26-17-8-6-16(24)7-9-17/h4-10,12H,1,11,13-14H2,2-3H3,(H,25,31)(H,26,30). The van der Waals surface area contributed by atoms with Crippen molar-refractivity contribution in [3.63, 3.8) is 0 Å². The molecule has 2 N–H and O–H groups in total. The molecule has 0 aliphatic carbocycles. The van der Waals surface area contributed by atoms with Crippen LogP contribution in [0.15, 0.2) is 60.3 Å². The Bertz CT molecular complexity index is 1170. The predicted octanol–water partition coefficient (Wildman–Crippen LogP) is 3.28. The SMILES string of the molecule is C=CCn1c(CNC(=O)c2ccc(OC)c(OC)c2)nnc1SCC(=O)Nc1ccc(F)cc1. The second kappa shape index (κ2) is 11.8. The summed E-state index contributed by atoms with van der Waals surface area (Å²) in [6.07, 6.45) is 1.67. The zero-order valence-corrected chi connectivity index (χ0v) is 19.5. The van der Waals surface area contributed by atoms with E-state index in [1.807, 2.05) is 0 Å². The second-order valence-corrected chi connectivity index (χ2v) is 7.84. The Morgan fingerprint density at radius 1 is 1.12 bits per heavy atom. The van der Waals surface area contributed by atoms with E-state index in [1.165, 1.54) is 50.2 Å². The number of nitrogens with zero attached hydrogens (tertiary/aromatic N) is 3. The van der Waals surface area contributed by atoms with Crippen molar-refractivity contribution >= 4 is 29.3 Å². The van der Waals surface area contributed by atoms with E-state index >= 15 is 0 Å². The largest absolute Gasteiger partial charge is 0.493 e. The van der Waals surface area contributed by atoms with Crippen LogP contribution in [0.5, 0.6) is 11.5 Å². The van der Waals surface area contributed by atoms with Gasteiger partial charge in [0.2, 0.25) is 5.91 Å². The molecule has 1 aromatic heterocycles. The minimum Gasteiger partial charge on any atom is -0.493 e. The number of hydrogen-bond donors (Lipinski definition) is 2. The second-order valence-electron chi connectivity index (χ2n) is 6.89. The molecule has 9 nitrogen and oxygen atoms in total. The molecule has 0 bridgehead atoms. The van der Waals surface area contributed by atoms with Gasteiger partial charge in [0.1, 0.15) is 5.82 Å². The van der Waals surface area contributed by atoms with Gasteiger partial charge in [-0.1, -0.05) is 17.8 Å². The summed E-state index contributed by atoms with van der Waals surface area (Å²) < 4.78 is 25.2. The van der Waals surface area contributed by atoms with E-state index in [1.54, 1.807) is 28.8 Å². The predicted molar refractivity (Wildman–Crippen MR) is 127 cm³/mol. The third-order valence-corrected chi connectivity index (χ3v) is 5.59. The molecule has 3 aromatic rings. The molecule has 2 amide bonds. The average Bonchev–Trinajstić information content (AvgIpc) is 3.23. The molecule has 0 unspecified atom stereocenters. The summed E-state index contributed by atoms with van der Waals surface area (Å²) in [6, 6.07) is 10.4. The van der Waals surface area contributed by atoms with Crippen LogP contribution in [0.3, 0.4) is 0 Å². The molecular formula is C23H24FN5O4S. The lowest BCUT2D eigenvalue weighted by atomic mass is 10.2. The quantitative estimate of drug-likeness (QED) is 0.317. The van der Waals surface area contributed by atoms with Crippen LogP contribution in [0, 0.1) is 5.82 Å². The minimum atomic E-state index is -0.379. The summed E-state index contributed by atoms with van der Waals surface area (Å²) >= 11 is 1.19. The van der Waals surface area contributed by atoms with E-state index in [9.17, 15) is 14.0 Å². The Hall–Kier alpha value is -3.86. The Balaban J connectivity index is 1.62. The summed E-state index contributed by atoms with van der Waals surface area (Å²) in [5.74, 6) is 0.586. The highest BCUT2D eigenvalue weighted by Gasteiger charge is 2.16. The van der Waals surface area contributed by atoms with Crippen LogP contribution in [-0.4, -0.2) is 46.6 Å². The third kappa shape index (κ3) is 6.35. The van der Waals surface area contributed by atoms with Gasteiger partial charge in [-0.2, -0.15) is 0 Å². The van der Waals surface area contributed by atoms with E-state index in [0.717, 1.165) is 0 Å². The number of rotatable bonds is 11. The van der Waals surface area contributed by atoms with Crippen LogP contribution in [0.1, 0.15) is 16.2 Å². The van der Waals surface area contributed by atoms with Crippen LogP contribution in [0.25, 0.3) is 0 Å². The first-order valence-corrected chi connectivity index (χ1v) is 11.1. The molecule has 34 heavy (non-hydrogen) atoms. The van der Waals surface area contributed by atoms with E-state index in [-0.39, 0.29) is 29.9 Å². The summed E-state index contributed by atoms with van der Waals surface area (Å²) in [6.45, 7) is 4.27. The van der Waals surface area contributed by atoms with Gasteiger partial charge in [0.25, 0.3) is 5.91 Å². The van der Waals surface area contributed by atoms with Crippen LogP contribution in [0.4, 0.5) is 10.1 Å². The zero-order chi connectivity index (χ0) is 24.5. The van der Waals surface area contributed by atoms with Gasteiger partial charge < -0.3 is 24.7 Å². The van der Waals surface area contributed by atoms with Crippen LogP contribution in [0.2, 0.25) is 0 Å². The molecule has 0 atom stereocenters. The molecule has 2 aromatic carbocycles. The highest BCUT2D eigenvalue weighted by Crippen LogP contribution is 2.27. The van der Waals surface area contributed by atoms with E-state index < -0.39 is 0 Å². The normalized spacial score (nSPS) is 10.4. The molecule has 0 fully saturated rings. The molecule has 0 radical (unpaired) electrons. The molecule has 0 aliphatic rings. The van der Waals surface area contributed by atoms with Crippen LogP contribution in [-0.2, 0) is 17.9 Å². The lowest BCUT2D eigenvalue weighted by Gasteiger charge is -2.11. The number of hydrogen-bond acceptors (Lipinski definition) is 7. The number of allylic oxidation sites excluding steroid dienone is 1. The van der Waals surface area contributed by atoms with Crippen LogP contribution >= 0.6 is 11.8 Å². The van der Waals surface area contributed by atoms with Crippen molar-refractivity contribution in [2.75, 3.05) is 25.3 Å². The maximum absolute atomic E-state index is 13.0. The van der Waals surface area contributed by atoms with Crippen molar-refractivity contribution in [1.29, 1.82) is 0 Å². The first kappa shape index (κ1) is 24.8. The van der Waals surface area contributed by atoms with Gasteiger partial charge in [0, 0.05) is 17.8 Å². The molecule has 178 valence electrons. The molecular weight excluding hydrogens is 461 g/mol. The summed E-state index contributed by atoms with van der Waals surface area (Å²) in [4.78, 5) is 24.8. The van der Waals surface area contributed by atoms with Gasteiger partial charge in [-0.15, -0.1) is 16.8 Å². The number of anilines is 1. The molecule has 0 saturated heterocycles. The molecule has 0 aliphatic heterocycles. The first-order valence-electron chi connectivity index (χ1n) is 10.2. The van der Waals surface area contributed by atoms with Gasteiger partial charge in [-0.3, -0.25) is 9.59 Å². The highest BCUT2D eigenvalue weighted by atomic mass is 32.2. The molecule has 11 heteroatoms. The van der Waals surface area contributed by atoms with Crippen molar-refractivity contribution in [3.8, 4) is 11.5 Å². The minimum absolute atomic E-state index is 0.0741. The summed E-state index contributed by atoms with van der Waals surface area (Å²) in [5, 5.41) is 14.3. The Morgan fingerprint density at radius 2 is 1.85 bits per heavy atom. The molecule has 0 saturated carbocycles. The number of methoxy groups -OCH3 is 2. The number of thioether (sulfide) groups is 1. The number of aromatic nitrogens is 3. The number of carbonyl (C=O) groups excluding carboxylic acids is 2. The molecule has 0 spiro atoms. The fraction of sp³-hybridized carbons (Fsp3) is 0.217.